The molecule has 3 heterocycles. The quantitative estimate of drug-likeness (QED) is 0.519. The number of aromatic nitrogens is 4. The van der Waals surface area contributed by atoms with Crippen molar-refractivity contribution in [3.8, 4) is 0 Å². The molecular weight excluding hydrogens is 402 g/mol. The molecule has 9 heteroatoms. The Kier molecular flexibility index (Phi) is 4.42. The lowest BCUT2D eigenvalue weighted by Gasteiger charge is -2.18. The molecule has 1 aliphatic carbocycles. The van der Waals surface area contributed by atoms with Gasteiger partial charge in [-0.15, -0.1) is 0 Å². The minimum absolute atomic E-state index is 0.106. The predicted octanol–water partition coefficient (Wildman–Crippen LogP) is 2.73. The number of fused-ring (bicyclic) bond motifs is 3. The molecule has 8 nitrogen and oxygen atoms in total. The Morgan fingerprint density at radius 1 is 1.20 bits per heavy atom. The molecule has 0 aliphatic heterocycles. The van der Waals surface area contributed by atoms with E-state index < -0.39 is 16.1 Å². The molecule has 0 amide bonds. The van der Waals surface area contributed by atoms with Gasteiger partial charge in [0.15, 0.2) is 5.65 Å². The highest BCUT2D eigenvalue weighted by molar-refractivity contribution is 7.90. The zero-order valence-electron chi connectivity index (χ0n) is 16.5. The van der Waals surface area contributed by atoms with E-state index in [1.54, 1.807) is 49.5 Å². The molecule has 1 fully saturated rings. The lowest BCUT2D eigenvalue weighted by atomic mass is 10.2. The highest BCUT2D eigenvalue weighted by Gasteiger charge is 2.30. The number of nitrogens with two attached hydrogens (primary N) is 1. The van der Waals surface area contributed by atoms with Crippen LogP contribution in [0.15, 0.2) is 53.7 Å². The third-order valence-electron chi connectivity index (χ3n) is 5.84. The Hall–Kier alpha value is -2.75. The summed E-state index contributed by atoms with van der Waals surface area (Å²) < 4.78 is 29.6. The van der Waals surface area contributed by atoms with E-state index in [2.05, 4.69) is 9.97 Å². The van der Waals surface area contributed by atoms with E-state index >= 15 is 0 Å². The Labute approximate surface area is 174 Å². The number of rotatable bonds is 4. The Balaban J connectivity index is 1.77. The molecule has 0 spiro atoms. The molecule has 30 heavy (non-hydrogen) atoms. The average Bonchev–Trinajstić information content (AvgIpc) is 3.43. The normalized spacial score (nSPS) is 20.9. The van der Waals surface area contributed by atoms with Gasteiger partial charge in [0.1, 0.15) is 17.4 Å². The fourth-order valence-corrected chi connectivity index (χ4v) is 5.78. The molecule has 4 aromatic rings. The smallest absolute Gasteiger partial charge is 0.269 e. The van der Waals surface area contributed by atoms with Crippen LogP contribution in [-0.2, 0) is 10.0 Å². The summed E-state index contributed by atoms with van der Waals surface area (Å²) in [4.78, 5) is 9.23. The number of hydrogen-bond donors (Lipinski definition) is 2. The first-order valence-electron chi connectivity index (χ1n) is 10.00. The summed E-state index contributed by atoms with van der Waals surface area (Å²) in [5.74, 6) is 0.553. The van der Waals surface area contributed by atoms with Gasteiger partial charge in [0, 0.05) is 23.7 Å². The van der Waals surface area contributed by atoms with Crippen LogP contribution < -0.4 is 5.73 Å². The van der Waals surface area contributed by atoms with Crippen LogP contribution >= 0.6 is 0 Å². The number of imidazole rings is 1. The summed E-state index contributed by atoms with van der Waals surface area (Å²) in [7, 11) is -3.79. The van der Waals surface area contributed by atoms with Gasteiger partial charge in [-0.25, -0.2) is 22.4 Å². The first-order chi connectivity index (χ1) is 14.4. The Morgan fingerprint density at radius 3 is 2.63 bits per heavy atom. The van der Waals surface area contributed by atoms with Gasteiger partial charge in [-0.3, -0.25) is 0 Å². The van der Waals surface area contributed by atoms with Crippen LogP contribution in [-0.4, -0.2) is 38.1 Å². The van der Waals surface area contributed by atoms with Crippen molar-refractivity contribution in [1.29, 1.82) is 0 Å². The second kappa shape index (κ2) is 6.90. The van der Waals surface area contributed by atoms with Crippen molar-refractivity contribution in [3.63, 3.8) is 0 Å². The fraction of sp³-hybridized carbons (Fsp3) is 0.333. The van der Waals surface area contributed by atoms with E-state index in [0.717, 1.165) is 24.8 Å². The minimum atomic E-state index is -3.79. The van der Waals surface area contributed by atoms with E-state index in [1.165, 1.54) is 10.2 Å². The summed E-state index contributed by atoms with van der Waals surface area (Å²) >= 11 is 0. The number of hydrogen-bond acceptors (Lipinski definition) is 6. The summed E-state index contributed by atoms with van der Waals surface area (Å²) in [6, 6.07) is 10.3. The predicted molar refractivity (Wildman–Crippen MR) is 114 cm³/mol. The van der Waals surface area contributed by atoms with Crippen molar-refractivity contribution in [2.45, 2.75) is 49.3 Å². The lowest BCUT2D eigenvalue weighted by molar-refractivity contribution is 0.181. The second-order valence-corrected chi connectivity index (χ2v) is 9.72. The summed E-state index contributed by atoms with van der Waals surface area (Å²) in [6.45, 7) is 1.68. The van der Waals surface area contributed by atoms with Crippen LogP contribution in [0.25, 0.3) is 22.1 Å². The van der Waals surface area contributed by atoms with E-state index in [0.29, 0.717) is 22.4 Å². The molecule has 3 atom stereocenters. The molecular formula is C21H23N5O3S. The van der Waals surface area contributed by atoms with Crippen molar-refractivity contribution in [2.24, 2.45) is 5.73 Å². The lowest BCUT2D eigenvalue weighted by Crippen LogP contribution is -2.17. The minimum Gasteiger partial charge on any atom is -0.385 e. The molecule has 0 unspecified atom stereocenters. The molecule has 0 saturated heterocycles. The molecule has 3 aromatic heterocycles. The van der Waals surface area contributed by atoms with Crippen molar-refractivity contribution in [3.05, 3.63) is 54.6 Å². The molecule has 0 radical (unpaired) electrons. The zero-order valence-corrected chi connectivity index (χ0v) is 17.3. The monoisotopic (exact) mass is 425 g/mol. The average molecular weight is 426 g/mol. The summed E-state index contributed by atoms with van der Waals surface area (Å²) in [6.07, 6.45) is 4.92. The van der Waals surface area contributed by atoms with Gasteiger partial charge in [-0.2, -0.15) is 0 Å². The van der Waals surface area contributed by atoms with Gasteiger partial charge in [0.2, 0.25) is 0 Å². The van der Waals surface area contributed by atoms with E-state index in [4.69, 9.17) is 5.73 Å². The van der Waals surface area contributed by atoms with Crippen LogP contribution in [0, 0.1) is 0 Å². The molecule has 5 rings (SSSR count). The van der Waals surface area contributed by atoms with Crippen molar-refractivity contribution in [2.75, 3.05) is 0 Å². The maximum atomic E-state index is 13.2. The Morgan fingerprint density at radius 2 is 1.97 bits per heavy atom. The van der Waals surface area contributed by atoms with E-state index in [9.17, 15) is 13.5 Å². The van der Waals surface area contributed by atoms with Crippen LogP contribution in [0.5, 0.6) is 0 Å². The molecule has 156 valence electrons. The van der Waals surface area contributed by atoms with Crippen LogP contribution in [0.3, 0.4) is 0 Å². The zero-order chi connectivity index (χ0) is 21.0. The maximum Gasteiger partial charge on any atom is 0.269 e. The Bertz CT molecular complexity index is 1340. The standard InChI is InChI=1S/C21H23N5O3S/c1-13(27)20-24-18-12-23-21-17(19(18)26(20)15-8-7-14(22)11-15)9-10-25(21)30(28,29)16-5-3-2-4-6-16/h2-6,9-10,12-15,27H,7-8,11,22H2,1H3/t13-,14-,15+/m1/s1. The number of benzene rings is 1. The number of nitrogens with zero attached hydrogens (tertiary/aromatic N) is 4. The highest BCUT2D eigenvalue weighted by Crippen LogP contribution is 2.37. The molecule has 1 aliphatic rings. The third-order valence-corrected chi connectivity index (χ3v) is 7.52. The van der Waals surface area contributed by atoms with Gasteiger partial charge >= 0.3 is 0 Å². The summed E-state index contributed by atoms with van der Waals surface area (Å²) in [5.41, 5.74) is 7.91. The van der Waals surface area contributed by atoms with Gasteiger partial charge in [0.25, 0.3) is 10.0 Å². The van der Waals surface area contributed by atoms with Crippen molar-refractivity contribution in [1.82, 2.24) is 18.5 Å². The highest BCUT2D eigenvalue weighted by atomic mass is 32.2. The topological polar surface area (TPSA) is 116 Å². The van der Waals surface area contributed by atoms with E-state index in [1.807, 2.05) is 4.57 Å². The van der Waals surface area contributed by atoms with Crippen LogP contribution in [0.2, 0.25) is 0 Å². The van der Waals surface area contributed by atoms with Gasteiger partial charge < -0.3 is 15.4 Å². The van der Waals surface area contributed by atoms with E-state index in [-0.39, 0.29) is 17.0 Å². The molecule has 3 N–H and O–H groups in total. The van der Waals surface area contributed by atoms with Crippen LogP contribution in [0.1, 0.15) is 44.2 Å². The second-order valence-electron chi connectivity index (χ2n) is 7.90. The first kappa shape index (κ1) is 19.2. The van der Waals surface area contributed by atoms with Gasteiger partial charge in [-0.1, -0.05) is 18.2 Å². The number of aliphatic hydroxyl groups excluding tert-OH is 1. The molecule has 0 bridgehead atoms. The van der Waals surface area contributed by atoms with Crippen molar-refractivity contribution >= 4 is 32.1 Å². The van der Waals surface area contributed by atoms with Crippen molar-refractivity contribution < 1.29 is 13.5 Å². The fourth-order valence-electron chi connectivity index (χ4n) is 4.46. The van der Waals surface area contributed by atoms with Crippen LogP contribution in [0.4, 0.5) is 0 Å². The largest absolute Gasteiger partial charge is 0.385 e. The third kappa shape index (κ3) is 2.84. The molecule has 1 saturated carbocycles. The number of aliphatic hydroxyl groups is 1. The number of pyridine rings is 1. The first-order valence-corrected chi connectivity index (χ1v) is 11.4. The SMILES string of the molecule is C[C@@H](O)c1nc2cnc3c(ccn3S(=O)(=O)c3ccccc3)c2n1[C@H]1CC[C@@H](N)C1. The van der Waals surface area contributed by atoms with Gasteiger partial charge in [0.05, 0.1) is 16.6 Å². The summed E-state index contributed by atoms with van der Waals surface area (Å²) in [5, 5.41) is 11.0. The van der Waals surface area contributed by atoms with Gasteiger partial charge in [-0.05, 0) is 44.4 Å². The molecule has 1 aromatic carbocycles. The maximum absolute atomic E-state index is 13.2.